The van der Waals surface area contributed by atoms with Gasteiger partial charge in [-0.2, -0.15) is 0 Å². The van der Waals surface area contributed by atoms with E-state index in [9.17, 15) is 4.79 Å². The highest BCUT2D eigenvalue weighted by Gasteiger charge is 2.31. The number of amides is 1. The van der Waals surface area contributed by atoms with Crippen molar-refractivity contribution in [3.05, 3.63) is 0 Å². The summed E-state index contributed by atoms with van der Waals surface area (Å²) in [5, 5.41) is 8.94. The van der Waals surface area contributed by atoms with Crippen LogP contribution in [-0.2, 0) is 4.79 Å². The number of nitrogens with zero attached hydrogens (tertiary/aromatic N) is 1. The molecule has 0 aromatic carbocycles. The van der Waals surface area contributed by atoms with E-state index in [2.05, 4.69) is 0 Å². The fourth-order valence-corrected chi connectivity index (χ4v) is 1.30. The van der Waals surface area contributed by atoms with Gasteiger partial charge in [0.05, 0.1) is 12.1 Å². The van der Waals surface area contributed by atoms with Gasteiger partial charge in [0.25, 0.3) is 0 Å². The molecule has 0 bridgehead atoms. The van der Waals surface area contributed by atoms with Gasteiger partial charge in [-0.15, -0.1) is 0 Å². The molecule has 4 nitrogen and oxygen atoms in total. The molecule has 0 aromatic rings. The van der Waals surface area contributed by atoms with Gasteiger partial charge in [-0.3, -0.25) is 4.79 Å². The molecule has 0 spiro atoms. The SMILES string of the molecule is CCC[C@H](N)C(=O)N1CC(O)C1. The van der Waals surface area contributed by atoms with Crippen molar-refractivity contribution in [3.63, 3.8) is 0 Å². The highest BCUT2D eigenvalue weighted by Crippen LogP contribution is 2.10. The first-order valence-electron chi connectivity index (χ1n) is 4.37. The minimum Gasteiger partial charge on any atom is -0.389 e. The van der Waals surface area contributed by atoms with Gasteiger partial charge < -0.3 is 15.7 Å². The highest BCUT2D eigenvalue weighted by molar-refractivity contribution is 5.82. The number of aliphatic hydroxyl groups is 1. The second-order valence-electron chi connectivity index (χ2n) is 3.29. The molecule has 0 unspecified atom stereocenters. The van der Waals surface area contributed by atoms with E-state index in [0.717, 1.165) is 12.8 Å². The first-order valence-corrected chi connectivity index (χ1v) is 4.37. The molecule has 1 atom stereocenters. The summed E-state index contributed by atoms with van der Waals surface area (Å²) in [6, 6.07) is -0.373. The zero-order chi connectivity index (χ0) is 9.14. The maximum absolute atomic E-state index is 11.4. The fraction of sp³-hybridized carbons (Fsp3) is 0.875. The van der Waals surface area contributed by atoms with Crippen LogP contribution in [0.15, 0.2) is 0 Å². The van der Waals surface area contributed by atoms with E-state index in [4.69, 9.17) is 10.8 Å². The number of hydrogen-bond acceptors (Lipinski definition) is 3. The van der Waals surface area contributed by atoms with Gasteiger partial charge in [-0.05, 0) is 6.42 Å². The lowest BCUT2D eigenvalue weighted by atomic mass is 10.1. The second kappa shape index (κ2) is 3.87. The third-order valence-corrected chi connectivity index (χ3v) is 2.09. The van der Waals surface area contributed by atoms with Gasteiger partial charge in [-0.25, -0.2) is 0 Å². The van der Waals surface area contributed by atoms with Gasteiger partial charge in [0.1, 0.15) is 0 Å². The van der Waals surface area contributed by atoms with Crippen molar-refractivity contribution in [1.29, 1.82) is 0 Å². The molecule has 0 aromatic heterocycles. The predicted molar refractivity (Wildman–Crippen MR) is 45.5 cm³/mol. The van der Waals surface area contributed by atoms with E-state index >= 15 is 0 Å². The maximum atomic E-state index is 11.4. The first-order chi connectivity index (χ1) is 5.65. The van der Waals surface area contributed by atoms with Crippen molar-refractivity contribution >= 4 is 5.91 Å². The van der Waals surface area contributed by atoms with Crippen molar-refractivity contribution in [2.24, 2.45) is 5.73 Å². The van der Waals surface area contributed by atoms with Crippen LogP contribution >= 0.6 is 0 Å². The van der Waals surface area contributed by atoms with Gasteiger partial charge >= 0.3 is 0 Å². The average Bonchev–Trinajstić information content (AvgIpc) is 1.98. The molecule has 70 valence electrons. The Bertz CT molecular complexity index is 160. The monoisotopic (exact) mass is 172 g/mol. The lowest BCUT2D eigenvalue weighted by Crippen LogP contribution is -2.57. The Morgan fingerprint density at radius 3 is 2.75 bits per heavy atom. The summed E-state index contributed by atoms with van der Waals surface area (Å²) >= 11 is 0. The second-order valence-corrected chi connectivity index (χ2v) is 3.29. The van der Waals surface area contributed by atoms with Gasteiger partial charge in [0.15, 0.2) is 0 Å². The van der Waals surface area contributed by atoms with Crippen LogP contribution in [-0.4, -0.2) is 41.1 Å². The van der Waals surface area contributed by atoms with Crippen molar-refractivity contribution in [2.75, 3.05) is 13.1 Å². The number of aliphatic hydroxyl groups excluding tert-OH is 1. The summed E-state index contributed by atoms with van der Waals surface area (Å²) in [5.41, 5.74) is 5.61. The number of carbonyl (C=O) groups excluding carboxylic acids is 1. The Labute approximate surface area is 72.3 Å². The molecule has 1 aliphatic heterocycles. The lowest BCUT2D eigenvalue weighted by molar-refractivity contribution is -0.142. The van der Waals surface area contributed by atoms with Crippen molar-refractivity contribution in [2.45, 2.75) is 31.9 Å². The van der Waals surface area contributed by atoms with E-state index in [1.807, 2.05) is 6.92 Å². The van der Waals surface area contributed by atoms with Gasteiger partial charge in [0.2, 0.25) is 5.91 Å². The summed E-state index contributed by atoms with van der Waals surface area (Å²) < 4.78 is 0. The van der Waals surface area contributed by atoms with E-state index < -0.39 is 0 Å². The largest absolute Gasteiger partial charge is 0.389 e. The van der Waals surface area contributed by atoms with Crippen LogP contribution < -0.4 is 5.73 Å². The number of rotatable bonds is 3. The standard InChI is InChI=1S/C8H16N2O2/c1-2-3-7(9)8(12)10-4-6(11)5-10/h6-7,11H,2-5,9H2,1H3/t7-/m0/s1. The summed E-state index contributed by atoms with van der Waals surface area (Å²) in [6.45, 7) is 2.91. The van der Waals surface area contributed by atoms with E-state index in [0.29, 0.717) is 13.1 Å². The lowest BCUT2D eigenvalue weighted by Gasteiger charge is -2.37. The molecule has 1 amide bonds. The number of nitrogens with two attached hydrogens (primary N) is 1. The van der Waals surface area contributed by atoms with Crippen molar-refractivity contribution in [1.82, 2.24) is 4.90 Å². The average molecular weight is 172 g/mol. The molecule has 1 aliphatic rings. The number of carbonyl (C=O) groups is 1. The smallest absolute Gasteiger partial charge is 0.239 e. The Balaban J connectivity index is 2.28. The fourth-order valence-electron chi connectivity index (χ4n) is 1.30. The minimum absolute atomic E-state index is 0.0258. The molecule has 0 radical (unpaired) electrons. The topological polar surface area (TPSA) is 66.6 Å². The number of β-amino-alcohol motifs (C(OH)–C–C–N with tert-alkyl or cyclic N) is 1. The first kappa shape index (κ1) is 9.48. The quantitative estimate of drug-likeness (QED) is 0.592. The van der Waals surface area contributed by atoms with Crippen LogP contribution in [0, 0.1) is 0 Å². The third-order valence-electron chi connectivity index (χ3n) is 2.09. The zero-order valence-electron chi connectivity index (χ0n) is 7.36. The van der Waals surface area contributed by atoms with Crippen LogP contribution in [0.2, 0.25) is 0 Å². The van der Waals surface area contributed by atoms with Crippen LogP contribution in [0.1, 0.15) is 19.8 Å². The van der Waals surface area contributed by atoms with Gasteiger partial charge in [-0.1, -0.05) is 13.3 Å². The van der Waals surface area contributed by atoms with Crippen LogP contribution in [0.3, 0.4) is 0 Å². The Morgan fingerprint density at radius 1 is 1.75 bits per heavy atom. The number of likely N-dealkylation sites (tertiary alicyclic amines) is 1. The molecule has 0 aliphatic carbocycles. The Morgan fingerprint density at radius 2 is 2.33 bits per heavy atom. The van der Waals surface area contributed by atoms with Crippen molar-refractivity contribution < 1.29 is 9.90 Å². The molecule has 4 heteroatoms. The molecule has 12 heavy (non-hydrogen) atoms. The molecule has 1 fully saturated rings. The van der Waals surface area contributed by atoms with Gasteiger partial charge in [0, 0.05) is 13.1 Å². The summed E-state index contributed by atoms with van der Waals surface area (Å²) in [7, 11) is 0. The van der Waals surface area contributed by atoms with Crippen LogP contribution in [0.5, 0.6) is 0 Å². The Kier molecular flexibility index (Phi) is 3.05. The van der Waals surface area contributed by atoms with E-state index in [-0.39, 0.29) is 18.1 Å². The molecular weight excluding hydrogens is 156 g/mol. The summed E-state index contributed by atoms with van der Waals surface area (Å²) in [5.74, 6) is -0.0258. The molecular formula is C8H16N2O2. The third kappa shape index (κ3) is 1.95. The minimum atomic E-state index is -0.373. The van der Waals surface area contributed by atoms with E-state index in [1.165, 1.54) is 0 Å². The zero-order valence-corrected chi connectivity index (χ0v) is 7.36. The molecule has 1 rings (SSSR count). The predicted octanol–water partition coefficient (Wildman–Crippen LogP) is -0.683. The maximum Gasteiger partial charge on any atom is 0.239 e. The Hall–Kier alpha value is -0.610. The van der Waals surface area contributed by atoms with Crippen molar-refractivity contribution in [3.8, 4) is 0 Å². The molecule has 1 heterocycles. The molecule has 3 N–H and O–H groups in total. The summed E-state index contributed by atoms with van der Waals surface area (Å²) in [6.07, 6.45) is 1.32. The summed E-state index contributed by atoms with van der Waals surface area (Å²) in [4.78, 5) is 13.0. The van der Waals surface area contributed by atoms with Crippen LogP contribution in [0.4, 0.5) is 0 Å². The molecule has 0 saturated carbocycles. The highest BCUT2D eigenvalue weighted by atomic mass is 16.3. The van der Waals surface area contributed by atoms with Crippen LogP contribution in [0.25, 0.3) is 0 Å². The normalized spacial score (nSPS) is 20.4. The number of hydrogen-bond donors (Lipinski definition) is 2. The van der Waals surface area contributed by atoms with E-state index in [1.54, 1.807) is 4.90 Å². The molecule has 1 saturated heterocycles.